The SMILES string of the molecule is C=C(C)OC(=O)N[C@@H](C(=O)Nc1ccc2cc(C(=O)NO)sc2c1)c1ccccc1. The molecule has 0 fully saturated rings. The summed E-state index contributed by atoms with van der Waals surface area (Å²) in [6.07, 6.45) is -0.792. The Kier molecular flexibility index (Phi) is 6.45. The van der Waals surface area contributed by atoms with E-state index >= 15 is 0 Å². The zero-order valence-corrected chi connectivity index (χ0v) is 16.8. The zero-order valence-electron chi connectivity index (χ0n) is 16.0. The fourth-order valence-corrected chi connectivity index (χ4v) is 3.73. The number of rotatable bonds is 6. The highest BCUT2D eigenvalue weighted by Crippen LogP contribution is 2.29. The van der Waals surface area contributed by atoms with Crippen LogP contribution in [0.5, 0.6) is 0 Å². The summed E-state index contributed by atoms with van der Waals surface area (Å²) in [5, 5.41) is 14.9. The molecular weight excluding hydrogens is 406 g/mol. The van der Waals surface area contributed by atoms with Crippen LogP contribution >= 0.6 is 11.3 Å². The van der Waals surface area contributed by atoms with E-state index in [2.05, 4.69) is 17.2 Å². The molecule has 1 atom stereocenters. The third-order valence-corrected chi connectivity index (χ3v) is 5.13. The minimum Gasteiger partial charge on any atom is -0.416 e. The normalized spacial score (nSPS) is 11.4. The maximum atomic E-state index is 12.9. The maximum Gasteiger partial charge on any atom is 0.413 e. The van der Waals surface area contributed by atoms with Gasteiger partial charge in [-0.15, -0.1) is 11.3 Å². The summed E-state index contributed by atoms with van der Waals surface area (Å²) in [6.45, 7) is 5.04. The standard InChI is InChI=1S/C21H19N3O5S/c1-12(2)29-21(27)23-18(13-6-4-3-5-7-13)20(26)22-15-9-8-14-10-17(19(25)24-28)30-16(14)11-15/h3-11,18,28H,1H2,2H3,(H,22,26)(H,23,27)(H,24,25)/t18-/m1/s1. The summed E-state index contributed by atoms with van der Waals surface area (Å²) in [5.74, 6) is -0.874. The number of thiophene rings is 1. The van der Waals surface area contributed by atoms with E-state index in [1.165, 1.54) is 18.3 Å². The summed E-state index contributed by atoms with van der Waals surface area (Å²) in [6, 6.07) is 14.5. The molecule has 0 bridgehead atoms. The summed E-state index contributed by atoms with van der Waals surface area (Å²) in [7, 11) is 0. The summed E-state index contributed by atoms with van der Waals surface area (Å²) >= 11 is 1.17. The Morgan fingerprint density at radius 3 is 2.50 bits per heavy atom. The summed E-state index contributed by atoms with van der Waals surface area (Å²) < 4.78 is 5.66. The molecule has 0 aliphatic heterocycles. The Bertz CT molecular complexity index is 1110. The number of hydrogen-bond donors (Lipinski definition) is 4. The van der Waals surface area contributed by atoms with Crippen molar-refractivity contribution in [3.63, 3.8) is 0 Å². The minimum atomic E-state index is -0.993. The molecule has 3 amide bonds. The van der Waals surface area contributed by atoms with Crippen LogP contribution in [0.3, 0.4) is 0 Å². The quantitative estimate of drug-likeness (QED) is 0.271. The number of carbonyl (C=O) groups is 3. The molecule has 0 aliphatic rings. The first kappa shape index (κ1) is 21.0. The number of hydroxylamine groups is 1. The largest absolute Gasteiger partial charge is 0.416 e. The highest BCUT2D eigenvalue weighted by Gasteiger charge is 2.24. The van der Waals surface area contributed by atoms with Crippen LogP contribution in [0.25, 0.3) is 10.1 Å². The Labute approximate surface area is 176 Å². The number of hydrogen-bond acceptors (Lipinski definition) is 6. The van der Waals surface area contributed by atoms with Crippen LogP contribution in [-0.2, 0) is 9.53 Å². The average molecular weight is 425 g/mol. The lowest BCUT2D eigenvalue weighted by Gasteiger charge is -2.18. The number of alkyl carbamates (subject to hydrolysis) is 1. The van der Waals surface area contributed by atoms with Gasteiger partial charge >= 0.3 is 6.09 Å². The first-order valence-corrected chi connectivity index (χ1v) is 9.66. The monoisotopic (exact) mass is 425 g/mol. The van der Waals surface area contributed by atoms with Crippen LogP contribution in [-0.4, -0.2) is 23.1 Å². The molecule has 1 aromatic heterocycles. The summed E-state index contributed by atoms with van der Waals surface area (Å²) in [4.78, 5) is 36.9. The number of anilines is 1. The third-order valence-electron chi connectivity index (χ3n) is 4.04. The molecule has 0 radical (unpaired) electrons. The number of allylic oxidation sites excluding steroid dienone is 1. The molecule has 0 saturated heterocycles. The second kappa shape index (κ2) is 9.21. The fourth-order valence-electron chi connectivity index (χ4n) is 2.74. The molecule has 9 heteroatoms. The van der Waals surface area contributed by atoms with E-state index < -0.39 is 23.9 Å². The van der Waals surface area contributed by atoms with Gasteiger partial charge in [0, 0.05) is 10.4 Å². The first-order valence-electron chi connectivity index (χ1n) is 8.85. The second-order valence-electron chi connectivity index (χ2n) is 6.37. The number of carbonyl (C=O) groups excluding carboxylic acids is 3. The van der Waals surface area contributed by atoms with Gasteiger partial charge in [0.1, 0.15) is 6.04 Å². The molecule has 30 heavy (non-hydrogen) atoms. The molecular formula is C21H19N3O5S. The molecule has 0 unspecified atom stereocenters. The smallest absolute Gasteiger partial charge is 0.413 e. The van der Waals surface area contributed by atoms with E-state index in [-0.39, 0.29) is 5.76 Å². The van der Waals surface area contributed by atoms with Crippen LogP contribution < -0.4 is 16.1 Å². The first-order chi connectivity index (χ1) is 14.4. The number of nitrogens with one attached hydrogen (secondary N) is 3. The number of ether oxygens (including phenoxy) is 1. The van der Waals surface area contributed by atoms with E-state index in [0.29, 0.717) is 16.1 Å². The van der Waals surface area contributed by atoms with E-state index in [9.17, 15) is 14.4 Å². The number of fused-ring (bicyclic) bond motifs is 1. The third kappa shape index (κ3) is 5.02. The Morgan fingerprint density at radius 1 is 1.10 bits per heavy atom. The summed E-state index contributed by atoms with van der Waals surface area (Å²) in [5.41, 5.74) is 2.66. The van der Waals surface area contributed by atoms with Crippen molar-refractivity contribution in [2.45, 2.75) is 13.0 Å². The van der Waals surface area contributed by atoms with Gasteiger partial charge in [0.25, 0.3) is 11.8 Å². The van der Waals surface area contributed by atoms with Crippen LogP contribution in [0.15, 0.2) is 66.9 Å². The Balaban J connectivity index is 1.83. The maximum absolute atomic E-state index is 12.9. The lowest BCUT2D eigenvalue weighted by molar-refractivity contribution is -0.118. The van der Waals surface area contributed by atoms with Crippen molar-refractivity contribution < 1.29 is 24.3 Å². The van der Waals surface area contributed by atoms with Crippen molar-refractivity contribution >= 4 is 45.0 Å². The van der Waals surface area contributed by atoms with Crippen molar-refractivity contribution in [3.05, 3.63) is 77.4 Å². The van der Waals surface area contributed by atoms with Gasteiger partial charge in [0.05, 0.1) is 10.6 Å². The highest BCUT2D eigenvalue weighted by molar-refractivity contribution is 7.20. The van der Waals surface area contributed by atoms with Crippen molar-refractivity contribution in [2.75, 3.05) is 5.32 Å². The van der Waals surface area contributed by atoms with Gasteiger partial charge in [-0.3, -0.25) is 14.8 Å². The van der Waals surface area contributed by atoms with Gasteiger partial charge in [-0.05, 0) is 36.1 Å². The van der Waals surface area contributed by atoms with Crippen molar-refractivity contribution in [2.24, 2.45) is 0 Å². The van der Waals surface area contributed by atoms with Gasteiger partial charge in [-0.2, -0.15) is 0 Å². The zero-order chi connectivity index (χ0) is 21.7. The van der Waals surface area contributed by atoms with Crippen molar-refractivity contribution in [1.29, 1.82) is 0 Å². The molecule has 4 N–H and O–H groups in total. The fraction of sp³-hybridized carbons (Fsp3) is 0.0952. The van der Waals surface area contributed by atoms with Gasteiger partial charge in [0.15, 0.2) is 0 Å². The van der Waals surface area contributed by atoms with Gasteiger partial charge < -0.3 is 15.4 Å². The molecule has 3 aromatic rings. The molecule has 154 valence electrons. The van der Waals surface area contributed by atoms with Crippen LogP contribution in [0.1, 0.15) is 28.2 Å². The minimum absolute atomic E-state index is 0.200. The lowest BCUT2D eigenvalue weighted by atomic mass is 10.1. The van der Waals surface area contributed by atoms with Crippen molar-refractivity contribution in [3.8, 4) is 0 Å². The van der Waals surface area contributed by atoms with Crippen LogP contribution in [0.4, 0.5) is 10.5 Å². The number of benzene rings is 2. The van der Waals surface area contributed by atoms with E-state index in [1.54, 1.807) is 60.1 Å². The molecule has 3 rings (SSSR count). The Hall–Kier alpha value is -3.69. The topological polar surface area (TPSA) is 117 Å². The molecule has 8 nitrogen and oxygen atoms in total. The average Bonchev–Trinajstić information content (AvgIpc) is 3.15. The van der Waals surface area contributed by atoms with Crippen molar-refractivity contribution in [1.82, 2.24) is 10.8 Å². The van der Waals surface area contributed by atoms with Crippen LogP contribution in [0.2, 0.25) is 0 Å². The predicted molar refractivity (Wildman–Crippen MR) is 113 cm³/mol. The molecule has 0 saturated carbocycles. The molecule has 0 spiro atoms. The molecule has 0 aliphatic carbocycles. The van der Waals surface area contributed by atoms with E-state index in [0.717, 1.165) is 10.1 Å². The molecule has 2 aromatic carbocycles. The van der Waals surface area contributed by atoms with Gasteiger partial charge in [-0.25, -0.2) is 10.3 Å². The lowest BCUT2D eigenvalue weighted by Crippen LogP contribution is -2.37. The van der Waals surface area contributed by atoms with Crippen LogP contribution in [0, 0.1) is 0 Å². The van der Waals surface area contributed by atoms with Gasteiger partial charge in [0.2, 0.25) is 0 Å². The number of amides is 3. The van der Waals surface area contributed by atoms with E-state index in [4.69, 9.17) is 9.94 Å². The molecule has 1 heterocycles. The van der Waals surface area contributed by atoms with Gasteiger partial charge in [-0.1, -0.05) is 43.0 Å². The second-order valence-corrected chi connectivity index (χ2v) is 7.46. The van der Waals surface area contributed by atoms with E-state index in [1.807, 2.05) is 0 Å². The Morgan fingerprint density at radius 2 is 1.83 bits per heavy atom. The predicted octanol–water partition coefficient (Wildman–Crippen LogP) is 3.96. The highest BCUT2D eigenvalue weighted by atomic mass is 32.1.